The van der Waals surface area contributed by atoms with E-state index in [9.17, 15) is 14.0 Å². The highest BCUT2D eigenvalue weighted by molar-refractivity contribution is 5.75. The summed E-state index contributed by atoms with van der Waals surface area (Å²) in [5, 5.41) is 2.82. The Bertz CT molecular complexity index is 1170. The van der Waals surface area contributed by atoms with Crippen LogP contribution in [0.2, 0.25) is 0 Å². The molecule has 4 rings (SSSR count). The van der Waals surface area contributed by atoms with Gasteiger partial charge in [0.1, 0.15) is 18.2 Å². The summed E-state index contributed by atoms with van der Waals surface area (Å²) in [4.78, 5) is 33.1. The fourth-order valence-electron chi connectivity index (χ4n) is 4.17. The monoisotopic (exact) mass is 448 g/mol. The summed E-state index contributed by atoms with van der Waals surface area (Å²) in [6, 6.07) is 16.2. The quantitative estimate of drug-likeness (QED) is 0.602. The van der Waals surface area contributed by atoms with Crippen molar-refractivity contribution in [3.05, 3.63) is 99.0 Å². The number of aromatic nitrogens is 2. The highest BCUT2D eigenvalue weighted by Gasteiger charge is 2.25. The lowest BCUT2D eigenvalue weighted by Gasteiger charge is -2.29. The SMILES string of the molecule is CC(C)c1nc2c(c(=O)n1CC(=O)NCc1ccc(F)cc1)CCN(Cc1ccccc1)C2. The standard InChI is InChI=1S/C26H29FN4O2/c1-18(2)25-29-23-16-30(15-20-6-4-3-5-7-20)13-12-22(23)26(33)31(25)17-24(32)28-14-19-8-10-21(27)11-9-19/h3-11,18H,12-17H2,1-2H3,(H,28,32). The van der Waals surface area contributed by atoms with E-state index in [1.54, 1.807) is 12.1 Å². The van der Waals surface area contributed by atoms with Gasteiger partial charge in [-0.15, -0.1) is 0 Å². The zero-order chi connectivity index (χ0) is 23.4. The molecule has 0 aliphatic carbocycles. The Kier molecular flexibility index (Phi) is 6.99. The summed E-state index contributed by atoms with van der Waals surface area (Å²) < 4.78 is 14.6. The minimum Gasteiger partial charge on any atom is -0.350 e. The van der Waals surface area contributed by atoms with E-state index in [4.69, 9.17) is 4.98 Å². The van der Waals surface area contributed by atoms with Crippen LogP contribution in [0.4, 0.5) is 4.39 Å². The van der Waals surface area contributed by atoms with Gasteiger partial charge in [0.15, 0.2) is 0 Å². The van der Waals surface area contributed by atoms with Crippen molar-refractivity contribution in [3.63, 3.8) is 0 Å². The minimum absolute atomic E-state index is 0.00241. The van der Waals surface area contributed by atoms with Gasteiger partial charge in [-0.05, 0) is 29.7 Å². The first kappa shape index (κ1) is 22.9. The average Bonchev–Trinajstić information content (AvgIpc) is 2.81. The van der Waals surface area contributed by atoms with Gasteiger partial charge in [-0.25, -0.2) is 9.37 Å². The molecule has 0 spiro atoms. The number of fused-ring (bicyclic) bond motifs is 1. The molecule has 1 N–H and O–H groups in total. The van der Waals surface area contributed by atoms with Crippen LogP contribution in [0.5, 0.6) is 0 Å². The zero-order valence-corrected chi connectivity index (χ0v) is 19.1. The van der Waals surface area contributed by atoms with Crippen molar-refractivity contribution in [2.75, 3.05) is 6.54 Å². The number of carbonyl (C=O) groups is 1. The second kappa shape index (κ2) is 10.1. The molecule has 1 amide bonds. The second-order valence-corrected chi connectivity index (χ2v) is 8.79. The van der Waals surface area contributed by atoms with Crippen molar-refractivity contribution >= 4 is 5.91 Å². The molecule has 0 saturated carbocycles. The lowest BCUT2D eigenvalue weighted by Crippen LogP contribution is -2.41. The third kappa shape index (κ3) is 5.54. The van der Waals surface area contributed by atoms with Gasteiger partial charge >= 0.3 is 0 Å². The van der Waals surface area contributed by atoms with E-state index in [1.165, 1.54) is 22.3 Å². The molecule has 1 aliphatic heterocycles. The van der Waals surface area contributed by atoms with Crippen LogP contribution in [0.3, 0.4) is 0 Å². The van der Waals surface area contributed by atoms with Gasteiger partial charge in [0.2, 0.25) is 5.91 Å². The van der Waals surface area contributed by atoms with Gasteiger partial charge in [-0.3, -0.25) is 19.1 Å². The summed E-state index contributed by atoms with van der Waals surface area (Å²) in [6.07, 6.45) is 0.615. The van der Waals surface area contributed by atoms with Crippen molar-refractivity contribution in [1.29, 1.82) is 0 Å². The Balaban J connectivity index is 1.50. The van der Waals surface area contributed by atoms with Crippen molar-refractivity contribution in [2.24, 2.45) is 0 Å². The molecule has 1 aromatic heterocycles. The molecule has 7 heteroatoms. The fraction of sp³-hybridized carbons (Fsp3) is 0.346. The molecule has 0 bridgehead atoms. The van der Waals surface area contributed by atoms with Gasteiger partial charge in [0.25, 0.3) is 5.56 Å². The summed E-state index contributed by atoms with van der Waals surface area (Å²) >= 11 is 0. The smallest absolute Gasteiger partial charge is 0.257 e. The molecule has 2 heterocycles. The summed E-state index contributed by atoms with van der Waals surface area (Å²) in [5.74, 6) is 0.0295. The molecule has 33 heavy (non-hydrogen) atoms. The lowest BCUT2D eigenvalue weighted by atomic mass is 10.0. The third-order valence-electron chi connectivity index (χ3n) is 5.90. The first-order valence-corrected chi connectivity index (χ1v) is 11.3. The van der Waals surface area contributed by atoms with E-state index in [1.807, 2.05) is 32.0 Å². The summed E-state index contributed by atoms with van der Waals surface area (Å²) in [6.45, 7) is 6.36. The van der Waals surface area contributed by atoms with E-state index >= 15 is 0 Å². The molecule has 2 aromatic carbocycles. The molecule has 0 fully saturated rings. The maximum absolute atomic E-state index is 13.3. The van der Waals surface area contributed by atoms with Gasteiger partial charge in [-0.2, -0.15) is 0 Å². The van der Waals surface area contributed by atoms with Gasteiger partial charge < -0.3 is 5.32 Å². The predicted molar refractivity (Wildman–Crippen MR) is 125 cm³/mol. The molecule has 0 atom stereocenters. The van der Waals surface area contributed by atoms with Crippen LogP contribution in [0.15, 0.2) is 59.4 Å². The third-order valence-corrected chi connectivity index (χ3v) is 5.90. The number of halogens is 1. The molecule has 172 valence electrons. The highest BCUT2D eigenvalue weighted by atomic mass is 19.1. The Morgan fingerprint density at radius 1 is 1.09 bits per heavy atom. The topological polar surface area (TPSA) is 67.2 Å². The molecule has 1 aliphatic rings. The number of hydrogen-bond acceptors (Lipinski definition) is 4. The van der Waals surface area contributed by atoms with Crippen LogP contribution in [-0.2, 0) is 37.4 Å². The van der Waals surface area contributed by atoms with Crippen LogP contribution in [-0.4, -0.2) is 26.9 Å². The largest absolute Gasteiger partial charge is 0.350 e. The summed E-state index contributed by atoms with van der Waals surface area (Å²) in [7, 11) is 0. The van der Waals surface area contributed by atoms with Crippen molar-refractivity contribution in [1.82, 2.24) is 19.8 Å². The van der Waals surface area contributed by atoms with E-state index in [0.717, 1.165) is 24.3 Å². The number of carbonyl (C=O) groups excluding carboxylic acids is 1. The van der Waals surface area contributed by atoms with Crippen LogP contribution in [0, 0.1) is 5.82 Å². The van der Waals surface area contributed by atoms with Gasteiger partial charge in [-0.1, -0.05) is 56.3 Å². The molecule has 0 radical (unpaired) electrons. The number of nitrogens with zero attached hydrogens (tertiary/aromatic N) is 3. The number of hydrogen-bond donors (Lipinski definition) is 1. The normalized spacial score (nSPS) is 13.7. The summed E-state index contributed by atoms with van der Waals surface area (Å²) in [5.41, 5.74) is 3.42. The molecular formula is C26H29FN4O2. The maximum atomic E-state index is 13.3. The van der Waals surface area contributed by atoms with Crippen molar-refractivity contribution < 1.29 is 9.18 Å². The first-order valence-electron chi connectivity index (χ1n) is 11.3. The zero-order valence-electron chi connectivity index (χ0n) is 19.1. The Morgan fingerprint density at radius 2 is 1.82 bits per heavy atom. The van der Waals surface area contributed by atoms with Crippen LogP contribution < -0.4 is 10.9 Å². The lowest BCUT2D eigenvalue weighted by molar-refractivity contribution is -0.121. The fourth-order valence-corrected chi connectivity index (χ4v) is 4.17. The minimum atomic E-state index is -0.319. The van der Waals surface area contributed by atoms with Crippen LogP contribution in [0.1, 0.15) is 48.0 Å². The van der Waals surface area contributed by atoms with Gasteiger partial charge in [0, 0.05) is 37.7 Å². The highest BCUT2D eigenvalue weighted by Crippen LogP contribution is 2.20. The maximum Gasteiger partial charge on any atom is 0.257 e. The Morgan fingerprint density at radius 3 is 2.52 bits per heavy atom. The first-order chi connectivity index (χ1) is 15.9. The van der Waals surface area contributed by atoms with Crippen LogP contribution >= 0.6 is 0 Å². The second-order valence-electron chi connectivity index (χ2n) is 8.79. The van der Waals surface area contributed by atoms with E-state index in [-0.39, 0.29) is 36.3 Å². The van der Waals surface area contributed by atoms with E-state index in [2.05, 4.69) is 22.3 Å². The molecule has 0 unspecified atom stereocenters. The molecule has 0 saturated heterocycles. The van der Waals surface area contributed by atoms with Crippen molar-refractivity contribution in [3.8, 4) is 0 Å². The van der Waals surface area contributed by atoms with Gasteiger partial charge in [0.05, 0.1) is 5.69 Å². The molecule has 6 nitrogen and oxygen atoms in total. The van der Waals surface area contributed by atoms with E-state index in [0.29, 0.717) is 24.4 Å². The van der Waals surface area contributed by atoms with Crippen LogP contribution in [0.25, 0.3) is 0 Å². The average molecular weight is 449 g/mol. The molecular weight excluding hydrogens is 419 g/mol. The number of rotatable bonds is 7. The predicted octanol–water partition coefficient (Wildman–Crippen LogP) is 3.38. The molecule has 3 aromatic rings. The number of benzene rings is 2. The number of amides is 1. The Labute approximate surface area is 193 Å². The van der Waals surface area contributed by atoms with Crippen molar-refractivity contribution in [2.45, 2.75) is 52.4 Å². The van der Waals surface area contributed by atoms with E-state index < -0.39 is 0 Å². The Hall–Kier alpha value is -3.32. The number of nitrogens with one attached hydrogen (secondary N) is 1.